The van der Waals surface area contributed by atoms with Crippen LogP contribution in [0.4, 0.5) is 5.69 Å². The highest BCUT2D eigenvalue weighted by Crippen LogP contribution is 2.23. The molecule has 32 heavy (non-hydrogen) atoms. The Balaban J connectivity index is 1.47. The van der Waals surface area contributed by atoms with Crippen molar-refractivity contribution in [1.82, 2.24) is 19.7 Å². The van der Waals surface area contributed by atoms with Gasteiger partial charge in [0.05, 0.1) is 22.3 Å². The van der Waals surface area contributed by atoms with Crippen LogP contribution < -0.4 is 15.7 Å². The smallest absolute Gasteiger partial charge is 0.287 e. The Labute approximate surface area is 184 Å². The molecule has 0 atom stereocenters. The summed E-state index contributed by atoms with van der Waals surface area (Å²) in [4.78, 5) is 31.9. The summed E-state index contributed by atoms with van der Waals surface area (Å²) in [6.07, 6.45) is 3.28. The van der Waals surface area contributed by atoms with Crippen molar-refractivity contribution >= 4 is 27.6 Å². The van der Waals surface area contributed by atoms with Gasteiger partial charge in [-0.3, -0.25) is 9.78 Å². The molecular weight excluding hydrogens is 402 g/mol. The number of aryl methyl sites for hydroxylation is 1. The minimum Gasteiger partial charge on any atom is -0.404 e. The molecule has 0 bridgehead atoms. The fourth-order valence-corrected chi connectivity index (χ4v) is 3.68. The van der Waals surface area contributed by atoms with Gasteiger partial charge in [0.15, 0.2) is 5.65 Å². The van der Waals surface area contributed by atoms with Crippen LogP contribution >= 0.6 is 0 Å². The van der Waals surface area contributed by atoms with E-state index < -0.39 is 0 Å². The van der Waals surface area contributed by atoms with Gasteiger partial charge in [-0.15, -0.1) is 4.73 Å². The van der Waals surface area contributed by atoms with Gasteiger partial charge in [0.25, 0.3) is 5.56 Å². The zero-order valence-electron chi connectivity index (χ0n) is 17.5. The van der Waals surface area contributed by atoms with Gasteiger partial charge in [-0.25, -0.2) is 9.97 Å². The molecule has 0 unspecified atom stereocenters. The molecule has 7 heteroatoms. The fourth-order valence-electron chi connectivity index (χ4n) is 3.68. The third-order valence-electron chi connectivity index (χ3n) is 5.28. The molecule has 0 fully saturated rings. The van der Waals surface area contributed by atoms with Crippen molar-refractivity contribution < 1.29 is 4.84 Å². The Morgan fingerprint density at radius 2 is 1.75 bits per heavy atom. The predicted molar refractivity (Wildman–Crippen MR) is 124 cm³/mol. The number of rotatable bonds is 6. The van der Waals surface area contributed by atoms with Gasteiger partial charge in [0.2, 0.25) is 0 Å². The number of hydrogen-bond donors (Lipinski definition) is 1. The summed E-state index contributed by atoms with van der Waals surface area (Å²) in [5, 5.41) is 5.18. The Kier molecular flexibility index (Phi) is 5.21. The van der Waals surface area contributed by atoms with E-state index in [9.17, 15) is 4.79 Å². The first kappa shape index (κ1) is 19.7. The minimum atomic E-state index is -0.300. The molecule has 0 aliphatic rings. The molecular formula is C25H21N5O2. The SMILES string of the molecule is Cc1ncnc2c1c(NCc1cnc3ccccc3c1)cc(=O)n2OCc1ccccc1. The number of aromatic nitrogens is 4. The van der Waals surface area contributed by atoms with Gasteiger partial charge < -0.3 is 10.2 Å². The molecule has 158 valence electrons. The van der Waals surface area contributed by atoms with Gasteiger partial charge in [-0.05, 0) is 30.2 Å². The fraction of sp³-hybridized carbons (Fsp3) is 0.120. The summed E-state index contributed by atoms with van der Waals surface area (Å²) < 4.78 is 1.24. The predicted octanol–water partition coefficient (Wildman–Crippen LogP) is 3.89. The summed E-state index contributed by atoms with van der Waals surface area (Å²) in [5.74, 6) is 0. The molecule has 7 nitrogen and oxygen atoms in total. The highest BCUT2D eigenvalue weighted by Gasteiger charge is 2.14. The lowest BCUT2D eigenvalue weighted by molar-refractivity contribution is 0.0979. The number of anilines is 1. The maximum atomic E-state index is 12.9. The maximum Gasteiger partial charge on any atom is 0.287 e. The first-order valence-corrected chi connectivity index (χ1v) is 10.3. The van der Waals surface area contributed by atoms with E-state index in [2.05, 4.69) is 26.3 Å². The number of fused-ring (bicyclic) bond motifs is 2. The summed E-state index contributed by atoms with van der Waals surface area (Å²) in [6, 6.07) is 21.3. The molecule has 0 amide bonds. The van der Waals surface area contributed by atoms with E-state index in [1.807, 2.05) is 67.7 Å². The Morgan fingerprint density at radius 1 is 0.938 bits per heavy atom. The van der Waals surface area contributed by atoms with E-state index >= 15 is 0 Å². The van der Waals surface area contributed by atoms with Crippen LogP contribution in [0.2, 0.25) is 0 Å². The molecule has 3 heterocycles. The van der Waals surface area contributed by atoms with E-state index in [0.717, 1.165) is 33.1 Å². The number of benzene rings is 2. The summed E-state index contributed by atoms with van der Waals surface area (Å²) in [7, 11) is 0. The lowest BCUT2D eigenvalue weighted by Crippen LogP contribution is -2.28. The molecule has 0 aliphatic carbocycles. The zero-order chi connectivity index (χ0) is 21.9. The van der Waals surface area contributed by atoms with Crippen LogP contribution in [-0.4, -0.2) is 19.7 Å². The van der Waals surface area contributed by atoms with Crippen molar-refractivity contribution in [2.75, 3.05) is 5.32 Å². The summed E-state index contributed by atoms with van der Waals surface area (Å²) in [6.45, 7) is 2.66. The van der Waals surface area contributed by atoms with Gasteiger partial charge in [0.1, 0.15) is 12.9 Å². The van der Waals surface area contributed by atoms with E-state index in [-0.39, 0.29) is 12.2 Å². The lowest BCUT2D eigenvalue weighted by Gasteiger charge is -2.15. The van der Waals surface area contributed by atoms with Gasteiger partial charge in [0, 0.05) is 24.2 Å². The molecule has 2 aromatic carbocycles. The molecule has 1 N–H and O–H groups in total. The maximum absolute atomic E-state index is 12.9. The highest BCUT2D eigenvalue weighted by atomic mass is 16.7. The van der Waals surface area contributed by atoms with Gasteiger partial charge in [-0.1, -0.05) is 48.5 Å². The van der Waals surface area contributed by atoms with Gasteiger partial charge in [-0.2, -0.15) is 0 Å². The largest absolute Gasteiger partial charge is 0.404 e. The van der Waals surface area contributed by atoms with E-state index in [1.54, 1.807) is 0 Å². The topological polar surface area (TPSA) is 81.9 Å². The number of hydrogen-bond acceptors (Lipinski definition) is 6. The minimum absolute atomic E-state index is 0.258. The second kappa shape index (κ2) is 8.47. The highest BCUT2D eigenvalue weighted by molar-refractivity contribution is 5.90. The molecule has 5 aromatic rings. The normalized spacial score (nSPS) is 11.0. The molecule has 0 radical (unpaired) electrons. The average Bonchev–Trinajstić information content (AvgIpc) is 2.82. The van der Waals surface area contributed by atoms with Crippen LogP contribution in [-0.2, 0) is 13.2 Å². The monoisotopic (exact) mass is 423 g/mol. The Morgan fingerprint density at radius 3 is 2.62 bits per heavy atom. The van der Waals surface area contributed by atoms with Crippen LogP contribution in [0.15, 0.2) is 84.0 Å². The van der Waals surface area contributed by atoms with E-state index in [1.165, 1.54) is 17.1 Å². The Hall–Kier alpha value is -4.26. The van der Waals surface area contributed by atoms with Crippen molar-refractivity contribution in [1.29, 1.82) is 0 Å². The molecule has 0 saturated heterocycles. The van der Waals surface area contributed by atoms with E-state index in [4.69, 9.17) is 4.84 Å². The van der Waals surface area contributed by atoms with Crippen molar-refractivity contribution in [2.24, 2.45) is 0 Å². The van der Waals surface area contributed by atoms with E-state index in [0.29, 0.717) is 17.9 Å². The zero-order valence-corrected chi connectivity index (χ0v) is 17.5. The number of pyridine rings is 2. The lowest BCUT2D eigenvalue weighted by atomic mass is 10.1. The Bertz CT molecular complexity index is 1460. The van der Waals surface area contributed by atoms with Crippen molar-refractivity contribution in [3.05, 3.63) is 106 Å². The molecule has 5 rings (SSSR count). The van der Waals surface area contributed by atoms with Crippen LogP contribution in [0, 0.1) is 6.92 Å². The van der Waals surface area contributed by atoms with Crippen LogP contribution in [0.3, 0.4) is 0 Å². The van der Waals surface area contributed by atoms with Gasteiger partial charge >= 0.3 is 0 Å². The van der Waals surface area contributed by atoms with Crippen molar-refractivity contribution in [3.63, 3.8) is 0 Å². The number of para-hydroxylation sites is 1. The molecule has 0 aliphatic heterocycles. The van der Waals surface area contributed by atoms with Crippen molar-refractivity contribution in [2.45, 2.75) is 20.1 Å². The number of nitrogens with one attached hydrogen (secondary N) is 1. The van der Waals surface area contributed by atoms with Crippen LogP contribution in [0.25, 0.3) is 21.9 Å². The average molecular weight is 423 g/mol. The van der Waals surface area contributed by atoms with Crippen molar-refractivity contribution in [3.8, 4) is 0 Å². The first-order valence-electron chi connectivity index (χ1n) is 10.3. The quantitative estimate of drug-likeness (QED) is 0.446. The number of nitrogens with zero attached hydrogens (tertiary/aromatic N) is 4. The molecule has 0 saturated carbocycles. The van der Waals surface area contributed by atoms with Crippen LogP contribution in [0.1, 0.15) is 16.8 Å². The second-order valence-corrected chi connectivity index (χ2v) is 7.50. The third kappa shape index (κ3) is 3.88. The first-order chi connectivity index (χ1) is 15.7. The molecule has 0 spiro atoms. The standard InChI is InChI=1S/C25H21N5O2/c1-17-24-22(27-14-19-11-20-9-5-6-10-21(20)26-13-19)12-23(31)30(25(24)29-16-28-17)32-15-18-7-3-2-4-8-18/h2-13,16,27H,14-15H2,1H3. The summed E-state index contributed by atoms with van der Waals surface area (Å²) >= 11 is 0. The summed E-state index contributed by atoms with van der Waals surface area (Å²) in [5.41, 5.74) is 4.47. The second-order valence-electron chi connectivity index (χ2n) is 7.50. The molecule has 3 aromatic heterocycles. The third-order valence-corrected chi connectivity index (χ3v) is 5.28. The van der Waals surface area contributed by atoms with Crippen LogP contribution in [0.5, 0.6) is 0 Å².